The zero-order chi connectivity index (χ0) is 26.3. The van der Waals surface area contributed by atoms with Gasteiger partial charge in [0.2, 0.25) is 0 Å². The van der Waals surface area contributed by atoms with Crippen molar-refractivity contribution in [3.63, 3.8) is 0 Å². The van der Waals surface area contributed by atoms with Crippen LogP contribution in [0.3, 0.4) is 0 Å². The van der Waals surface area contributed by atoms with Crippen molar-refractivity contribution in [2.75, 3.05) is 24.6 Å². The van der Waals surface area contributed by atoms with Crippen molar-refractivity contribution in [2.45, 2.75) is 88.9 Å². The van der Waals surface area contributed by atoms with Gasteiger partial charge in [0.1, 0.15) is 11.6 Å². The van der Waals surface area contributed by atoms with Gasteiger partial charge in [0.05, 0.1) is 17.7 Å². The minimum Gasteiger partial charge on any atom is -0.493 e. The van der Waals surface area contributed by atoms with Crippen LogP contribution in [-0.2, 0) is 6.42 Å². The van der Waals surface area contributed by atoms with Gasteiger partial charge in [0, 0.05) is 48.4 Å². The first kappa shape index (κ1) is 25.2. The standard InChI is InChI=1S/C30H39N5O3/c1-3-30(12-4-13-31-18-30)34-28(36)21-6-10-26(32-17-21)35-23-7-8-24(35)16-22(15-23)33-29(37)25-9-5-20-11-14-38-27(20)19(25)2/h5-6,9-10,17,22-24,31H,3-4,7-8,11-16,18H2,1-2H3,(H,33,37)(H,34,36)/t22?,23?,24?,30-/m1/s1. The van der Waals surface area contributed by atoms with Gasteiger partial charge < -0.3 is 25.6 Å². The first-order valence-corrected chi connectivity index (χ1v) is 14.3. The molecule has 3 fully saturated rings. The molecule has 0 radical (unpaired) electrons. The normalized spacial score (nSPS) is 27.9. The third kappa shape index (κ3) is 4.64. The summed E-state index contributed by atoms with van der Waals surface area (Å²) < 4.78 is 5.77. The number of rotatable bonds is 6. The Kier molecular flexibility index (Phi) is 6.76. The van der Waals surface area contributed by atoms with Crippen LogP contribution in [0.1, 0.15) is 83.7 Å². The van der Waals surface area contributed by atoms with Crippen LogP contribution in [0.15, 0.2) is 30.5 Å². The predicted octanol–water partition coefficient (Wildman–Crippen LogP) is 3.52. The lowest BCUT2D eigenvalue weighted by Gasteiger charge is -2.40. The quantitative estimate of drug-likeness (QED) is 0.543. The molecule has 4 aliphatic rings. The van der Waals surface area contributed by atoms with Crippen LogP contribution in [0.25, 0.3) is 0 Å². The van der Waals surface area contributed by atoms with Crippen molar-refractivity contribution in [3.8, 4) is 5.75 Å². The van der Waals surface area contributed by atoms with Crippen molar-refractivity contribution in [3.05, 3.63) is 52.7 Å². The molecular formula is C30H39N5O3. The first-order valence-electron chi connectivity index (χ1n) is 14.3. The Balaban J connectivity index is 1.09. The summed E-state index contributed by atoms with van der Waals surface area (Å²) in [7, 11) is 0. The maximum atomic E-state index is 13.2. The number of nitrogens with one attached hydrogen (secondary N) is 3. The van der Waals surface area contributed by atoms with Gasteiger partial charge in [0.25, 0.3) is 11.8 Å². The molecule has 8 nitrogen and oxygen atoms in total. The Morgan fingerprint density at radius 3 is 2.66 bits per heavy atom. The lowest BCUT2D eigenvalue weighted by atomic mass is 9.87. The Hall–Kier alpha value is -3.13. The van der Waals surface area contributed by atoms with Crippen molar-refractivity contribution in [1.82, 2.24) is 20.9 Å². The molecule has 1 aromatic heterocycles. The zero-order valence-electron chi connectivity index (χ0n) is 22.5. The van der Waals surface area contributed by atoms with Gasteiger partial charge in [-0.05, 0) is 82.2 Å². The topological polar surface area (TPSA) is 95.6 Å². The number of carbonyl (C=O) groups excluding carboxylic acids is 2. The molecule has 1 aromatic carbocycles. The van der Waals surface area contributed by atoms with E-state index in [0.29, 0.717) is 29.8 Å². The highest BCUT2D eigenvalue weighted by atomic mass is 16.5. The first-order chi connectivity index (χ1) is 18.5. The minimum absolute atomic E-state index is 0.00911. The fourth-order valence-corrected chi connectivity index (χ4v) is 7.04. The summed E-state index contributed by atoms with van der Waals surface area (Å²) in [6.45, 7) is 6.64. The number of anilines is 1. The summed E-state index contributed by atoms with van der Waals surface area (Å²) in [5.74, 6) is 1.75. The number of fused-ring (bicyclic) bond motifs is 3. The van der Waals surface area contributed by atoms with Crippen LogP contribution in [0, 0.1) is 6.92 Å². The lowest BCUT2D eigenvalue weighted by Crippen LogP contribution is -2.57. The zero-order valence-corrected chi connectivity index (χ0v) is 22.5. The maximum Gasteiger partial charge on any atom is 0.253 e. The van der Waals surface area contributed by atoms with Gasteiger partial charge in [-0.1, -0.05) is 13.0 Å². The number of hydrogen-bond donors (Lipinski definition) is 3. The number of amides is 2. The molecule has 2 amide bonds. The van der Waals surface area contributed by atoms with Gasteiger partial charge >= 0.3 is 0 Å². The molecule has 2 aromatic rings. The summed E-state index contributed by atoms with van der Waals surface area (Å²) in [6, 6.07) is 8.69. The fourth-order valence-electron chi connectivity index (χ4n) is 7.04. The van der Waals surface area contributed by atoms with E-state index in [0.717, 1.165) is 81.6 Å². The summed E-state index contributed by atoms with van der Waals surface area (Å²) in [5, 5.41) is 10.0. The number of ether oxygens (including phenoxy) is 1. The molecule has 3 atom stereocenters. The Labute approximate surface area is 224 Å². The molecule has 8 heteroatoms. The predicted molar refractivity (Wildman–Crippen MR) is 147 cm³/mol. The second-order valence-corrected chi connectivity index (χ2v) is 11.5. The third-order valence-electron chi connectivity index (χ3n) is 9.22. The molecule has 3 saturated heterocycles. The fraction of sp³-hybridized carbons (Fsp3) is 0.567. The van der Waals surface area contributed by atoms with Crippen molar-refractivity contribution in [1.29, 1.82) is 0 Å². The molecular weight excluding hydrogens is 478 g/mol. The second-order valence-electron chi connectivity index (χ2n) is 11.5. The van der Waals surface area contributed by atoms with Crippen LogP contribution >= 0.6 is 0 Å². The van der Waals surface area contributed by atoms with E-state index in [-0.39, 0.29) is 23.4 Å². The number of benzene rings is 1. The van der Waals surface area contributed by atoms with E-state index in [1.165, 1.54) is 5.56 Å². The number of carbonyl (C=O) groups is 2. The number of piperidine rings is 2. The highest BCUT2D eigenvalue weighted by Crippen LogP contribution is 2.39. The van der Waals surface area contributed by atoms with Gasteiger partial charge in [-0.2, -0.15) is 0 Å². The van der Waals surface area contributed by atoms with Crippen molar-refractivity contribution in [2.24, 2.45) is 0 Å². The number of hydrogen-bond acceptors (Lipinski definition) is 6. The van der Waals surface area contributed by atoms with Crippen LogP contribution in [0.4, 0.5) is 5.82 Å². The van der Waals surface area contributed by atoms with Crippen molar-refractivity contribution >= 4 is 17.6 Å². The highest BCUT2D eigenvalue weighted by molar-refractivity contribution is 5.97. The Bertz CT molecular complexity index is 1190. The molecule has 3 N–H and O–H groups in total. The molecule has 5 heterocycles. The maximum absolute atomic E-state index is 13.2. The smallest absolute Gasteiger partial charge is 0.253 e. The monoisotopic (exact) mass is 517 g/mol. The van der Waals surface area contributed by atoms with E-state index in [2.05, 4.69) is 27.8 Å². The second kappa shape index (κ2) is 10.2. The van der Waals surface area contributed by atoms with Crippen LogP contribution in [0.2, 0.25) is 0 Å². The molecule has 2 unspecified atom stereocenters. The SMILES string of the molecule is CC[C@@]1(NC(=O)c2ccc(N3C4CCC3CC(NC(=O)c3ccc5c(c3C)OCC5)C4)nc2)CCCNC1. The molecule has 38 heavy (non-hydrogen) atoms. The molecule has 0 aliphatic carbocycles. The largest absolute Gasteiger partial charge is 0.493 e. The van der Waals surface area contributed by atoms with Crippen LogP contribution in [0.5, 0.6) is 5.75 Å². The molecule has 4 aliphatic heterocycles. The Morgan fingerprint density at radius 2 is 1.97 bits per heavy atom. The highest BCUT2D eigenvalue weighted by Gasteiger charge is 2.42. The molecule has 0 spiro atoms. The molecule has 202 valence electrons. The van der Waals surface area contributed by atoms with E-state index >= 15 is 0 Å². The van der Waals surface area contributed by atoms with Gasteiger partial charge in [-0.15, -0.1) is 0 Å². The summed E-state index contributed by atoms with van der Waals surface area (Å²) in [6.07, 6.45) is 9.61. The van der Waals surface area contributed by atoms with E-state index in [4.69, 9.17) is 9.72 Å². The number of aromatic nitrogens is 1. The lowest BCUT2D eigenvalue weighted by molar-refractivity contribution is 0.0873. The molecule has 6 rings (SSSR count). The van der Waals surface area contributed by atoms with E-state index in [1.807, 2.05) is 31.2 Å². The van der Waals surface area contributed by atoms with Gasteiger partial charge in [0.15, 0.2) is 0 Å². The van der Waals surface area contributed by atoms with Crippen LogP contribution in [-0.4, -0.2) is 60.2 Å². The van der Waals surface area contributed by atoms with Crippen molar-refractivity contribution < 1.29 is 14.3 Å². The van der Waals surface area contributed by atoms with Gasteiger partial charge in [-0.25, -0.2) is 4.98 Å². The Morgan fingerprint density at radius 1 is 1.16 bits per heavy atom. The van der Waals surface area contributed by atoms with E-state index < -0.39 is 0 Å². The average molecular weight is 518 g/mol. The summed E-state index contributed by atoms with van der Waals surface area (Å²) >= 11 is 0. The minimum atomic E-state index is -0.176. The molecule has 2 bridgehead atoms. The summed E-state index contributed by atoms with van der Waals surface area (Å²) in [5.41, 5.74) is 3.28. The average Bonchev–Trinajstić information content (AvgIpc) is 3.52. The molecule has 0 saturated carbocycles. The number of nitrogens with zero attached hydrogens (tertiary/aromatic N) is 2. The van der Waals surface area contributed by atoms with Crippen LogP contribution < -0.4 is 25.6 Å². The number of pyridine rings is 1. The van der Waals surface area contributed by atoms with Gasteiger partial charge in [-0.3, -0.25) is 9.59 Å². The van der Waals surface area contributed by atoms with E-state index in [1.54, 1.807) is 6.20 Å². The van der Waals surface area contributed by atoms with E-state index in [9.17, 15) is 9.59 Å². The third-order valence-corrected chi connectivity index (χ3v) is 9.22. The summed E-state index contributed by atoms with van der Waals surface area (Å²) in [4.78, 5) is 33.3.